The number of methoxy groups -OCH3 is 1. The quantitative estimate of drug-likeness (QED) is 0.706. The summed E-state index contributed by atoms with van der Waals surface area (Å²) in [5, 5.41) is 0.847. The van der Waals surface area contributed by atoms with Crippen LogP contribution < -0.4 is 4.74 Å². The van der Waals surface area contributed by atoms with E-state index in [1.165, 1.54) is 7.11 Å². The van der Waals surface area contributed by atoms with Crippen LogP contribution in [0.1, 0.15) is 16.1 Å². The zero-order valence-electron chi connectivity index (χ0n) is 11.9. The SMILES string of the molecule is COC(=O)c1cc2c(OCc3ccccc3)cc(Br)cc2[nH]1. The van der Waals surface area contributed by atoms with Crippen molar-refractivity contribution in [2.75, 3.05) is 7.11 Å². The molecule has 22 heavy (non-hydrogen) atoms. The van der Waals surface area contributed by atoms with Gasteiger partial charge in [0.1, 0.15) is 18.1 Å². The summed E-state index contributed by atoms with van der Waals surface area (Å²) in [5.74, 6) is 0.306. The third kappa shape index (κ3) is 2.99. The van der Waals surface area contributed by atoms with Gasteiger partial charge in [-0.3, -0.25) is 0 Å². The van der Waals surface area contributed by atoms with Gasteiger partial charge in [0.25, 0.3) is 0 Å². The van der Waals surface area contributed by atoms with Crippen molar-refractivity contribution >= 4 is 32.8 Å². The number of carbonyl (C=O) groups is 1. The molecule has 0 saturated carbocycles. The first-order valence-electron chi connectivity index (χ1n) is 6.74. The van der Waals surface area contributed by atoms with E-state index >= 15 is 0 Å². The van der Waals surface area contributed by atoms with Crippen LogP contribution in [-0.4, -0.2) is 18.1 Å². The average molecular weight is 360 g/mol. The molecule has 0 radical (unpaired) electrons. The second-order valence-corrected chi connectivity index (χ2v) is 5.73. The molecule has 0 spiro atoms. The Morgan fingerprint density at radius 1 is 1.18 bits per heavy atom. The molecule has 3 aromatic rings. The zero-order valence-corrected chi connectivity index (χ0v) is 13.5. The predicted molar refractivity (Wildman–Crippen MR) is 88.1 cm³/mol. The van der Waals surface area contributed by atoms with Gasteiger partial charge >= 0.3 is 5.97 Å². The number of nitrogens with one attached hydrogen (secondary N) is 1. The molecule has 0 amide bonds. The van der Waals surface area contributed by atoms with Crippen molar-refractivity contribution in [2.24, 2.45) is 0 Å². The van der Waals surface area contributed by atoms with Crippen LogP contribution in [0, 0.1) is 0 Å². The summed E-state index contributed by atoms with van der Waals surface area (Å²) in [6, 6.07) is 15.5. The van der Waals surface area contributed by atoms with E-state index in [2.05, 4.69) is 20.9 Å². The number of benzene rings is 2. The Morgan fingerprint density at radius 2 is 1.95 bits per heavy atom. The summed E-state index contributed by atoms with van der Waals surface area (Å²) in [6.07, 6.45) is 0. The molecule has 0 aliphatic rings. The molecule has 5 heteroatoms. The number of ether oxygens (including phenoxy) is 2. The lowest BCUT2D eigenvalue weighted by molar-refractivity contribution is 0.0595. The zero-order chi connectivity index (χ0) is 15.5. The molecular formula is C17H14BrNO3. The van der Waals surface area contributed by atoms with Crippen molar-refractivity contribution in [3.63, 3.8) is 0 Å². The monoisotopic (exact) mass is 359 g/mol. The van der Waals surface area contributed by atoms with Gasteiger partial charge in [0.2, 0.25) is 0 Å². The number of hydrogen-bond donors (Lipinski definition) is 1. The third-order valence-corrected chi connectivity index (χ3v) is 3.77. The van der Waals surface area contributed by atoms with Gasteiger partial charge in [-0.15, -0.1) is 0 Å². The van der Waals surface area contributed by atoms with Gasteiger partial charge in [0, 0.05) is 9.86 Å². The molecule has 0 fully saturated rings. The Hall–Kier alpha value is -2.27. The molecule has 0 atom stereocenters. The van der Waals surface area contributed by atoms with E-state index in [1.807, 2.05) is 42.5 Å². The number of carbonyl (C=O) groups excluding carboxylic acids is 1. The van der Waals surface area contributed by atoms with E-state index in [4.69, 9.17) is 9.47 Å². The van der Waals surface area contributed by atoms with Gasteiger partial charge in [-0.2, -0.15) is 0 Å². The highest BCUT2D eigenvalue weighted by Gasteiger charge is 2.13. The van der Waals surface area contributed by atoms with Gasteiger partial charge in [0.15, 0.2) is 0 Å². The first-order valence-corrected chi connectivity index (χ1v) is 7.54. The lowest BCUT2D eigenvalue weighted by Gasteiger charge is -2.08. The molecule has 4 nitrogen and oxygen atoms in total. The van der Waals surface area contributed by atoms with E-state index < -0.39 is 5.97 Å². The van der Waals surface area contributed by atoms with E-state index in [-0.39, 0.29) is 0 Å². The normalized spacial score (nSPS) is 10.6. The Bertz CT molecular complexity index is 811. The van der Waals surface area contributed by atoms with Gasteiger partial charge in [-0.05, 0) is 23.8 Å². The topological polar surface area (TPSA) is 51.3 Å². The van der Waals surface area contributed by atoms with E-state index in [0.29, 0.717) is 18.1 Å². The number of fused-ring (bicyclic) bond motifs is 1. The molecule has 1 heterocycles. The summed E-state index contributed by atoms with van der Waals surface area (Å²) in [4.78, 5) is 14.7. The first-order chi connectivity index (χ1) is 10.7. The Balaban J connectivity index is 1.94. The molecule has 3 rings (SSSR count). The summed E-state index contributed by atoms with van der Waals surface area (Å²) in [5.41, 5.74) is 2.30. The number of esters is 1. The second-order valence-electron chi connectivity index (χ2n) is 4.81. The molecule has 0 aliphatic heterocycles. The highest BCUT2D eigenvalue weighted by molar-refractivity contribution is 9.10. The van der Waals surface area contributed by atoms with Crippen molar-refractivity contribution in [3.05, 3.63) is 64.3 Å². The molecule has 0 aliphatic carbocycles. The fourth-order valence-corrected chi connectivity index (χ4v) is 2.68. The van der Waals surface area contributed by atoms with Crippen LogP contribution in [0.25, 0.3) is 10.9 Å². The first kappa shape index (κ1) is 14.7. The molecule has 0 saturated heterocycles. The summed E-state index contributed by atoms with van der Waals surface area (Å²) < 4.78 is 11.5. The molecule has 1 aromatic heterocycles. The largest absolute Gasteiger partial charge is 0.488 e. The van der Waals surface area contributed by atoms with Crippen LogP contribution in [0.5, 0.6) is 5.75 Å². The number of aromatic nitrogens is 1. The maximum Gasteiger partial charge on any atom is 0.354 e. The van der Waals surface area contributed by atoms with Gasteiger partial charge in [0.05, 0.1) is 12.6 Å². The van der Waals surface area contributed by atoms with Gasteiger partial charge < -0.3 is 14.5 Å². The minimum Gasteiger partial charge on any atom is -0.488 e. The molecule has 0 unspecified atom stereocenters. The molecule has 2 aromatic carbocycles. The number of halogens is 1. The van der Waals surface area contributed by atoms with Crippen LogP contribution >= 0.6 is 15.9 Å². The van der Waals surface area contributed by atoms with Crippen LogP contribution in [0.3, 0.4) is 0 Å². The highest BCUT2D eigenvalue weighted by Crippen LogP contribution is 2.31. The third-order valence-electron chi connectivity index (χ3n) is 3.31. The maximum absolute atomic E-state index is 11.7. The van der Waals surface area contributed by atoms with Crippen molar-refractivity contribution in [1.29, 1.82) is 0 Å². The average Bonchev–Trinajstić information content (AvgIpc) is 2.96. The summed E-state index contributed by atoms with van der Waals surface area (Å²) in [7, 11) is 1.36. The maximum atomic E-state index is 11.7. The molecule has 0 bridgehead atoms. The fraction of sp³-hybridized carbons (Fsp3) is 0.118. The van der Waals surface area contributed by atoms with Crippen molar-refractivity contribution in [3.8, 4) is 5.75 Å². The fourth-order valence-electron chi connectivity index (χ4n) is 2.25. The van der Waals surface area contributed by atoms with Crippen molar-refractivity contribution < 1.29 is 14.3 Å². The summed E-state index contributed by atoms with van der Waals surface area (Å²) >= 11 is 3.46. The number of H-pyrrole nitrogens is 1. The molecule has 112 valence electrons. The van der Waals surface area contributed by atoms with Crippen molar-refractivity contribution in [1.82, 2.24) is 4.98 Å². The van der Waals surface area contributed by atoms with Gasteiger partial charge in [-0.25, -0.2) is 4.79 Å². The van der Waals surface area contributed by atoms with E-state index in [1.54, 1.807) is 6.07 Å². The number of aromatic amines is 1. The second kappa shape index (κ2) is 6.23. The molecule has 1 N–H and O–H groups in total. The highest BCUT2D eigenvalue weighted by atomic mass is 79.9. The van der Waals surface area contributed by atoms with Crippen LogP contribution in [0.15, 0.2) is 53.0 Å². The van der Waals surface area contributed by atoms with E-state index in [0.717, 1.165) is 20.9 Å². The lowest BCUT2D eigenvalue weighted by Crippen LogP contribution is -2.00. The van der Waals surface area contributed by atoms with Crippen molar-refractivity contribution in [2.45, 2.75) is 6.61 Å². The van der Waals surface area contributed by atoms with E-state index in [9.17, 15) is 4.79 Å². The van der Waals surface area contributed by atoms with Crippen LogP contribution in [-0.2, 0) is 11.3 Å². The Labute approximate surface area is 136 Å². The predicted octanol–water partition coefficient (Wildman–Crippen LogP) is 4.30. The van der Waals surface area contributed by atoms with Gasteiger partial charge in [-0.1, -0.05) is 46.3 Å². The smallest absolute Gasteiger partial charge is 0.354 e. The molecular weight excluding hydrogens is 346 g/mol. The van der Waals surface area contributed by atoms with Crippen LogP contribution in [0.4, 0.5) is 0 Å². The number of hydrogen-bond acceptors (Lipinski definition) is 3. The Kier molecular flexibility index (Phi) is 4.15. The summed E-state index contributed by atoms with van der Waals surface area (Å²) in [6.45, 7) is 0.463. The number of rotatable bonds is 4. The lowest BCUT2D eigenvalue weighted by atomic mass is 10.2. The standard InChI is InChI=1S/C17H14BrNO3/c1-21-17(20)15-9-13-14(19-15)7-12(18)8-16(13)22-10-11-5-3-2-4-6-11/h2-9,19H,10H2,1H3. The minimum atomic E-state index is -0.402. The van der Waals surface area contributed by atoms with Crippen LogP contribution in [0.2, 0.25) is 0 Å². The Morgan fingerprint density at radius 3 is 2.68 bits per heavy atom. The minimum absolute atomic E-state index is 0.402.